The topological polar surface area (TPSA) is 128 Å². The number of allylic oxidation sites excluding steroid dienone is 6. The number of carbonyl (C=O) groups excluding carboxylic acids is 1. The lowest BCUT2D eigenvalue weighted by molar-refractivity contribution is -0.870. The van der Waals surface area contributed by atoms with Crippen LogP contribution in [0.1, 0.15) is 316 Å². The lowest BCUT2D eigenvalue weighted by Gasteiger charge is -2.31. The van der Waals surface area contributed by atoms with Gasteiger partial charge in [0, 0.05) is 6.42 Å². The molecule has 444 valence electrons. The highest BCUT2D eigenvalue weighted by atomic mass is 31.2. The van der Waals surface area contributed by atoms with E-state index in [9.17, 15) is 24.5 Å². The van der Waals surface area contributed by atoms with Gasteiger partial charge < -0.3 is 34.0 Å². The smallest absolute Gasteiger partial charge is 0.268 e. The van der Waals surface area contributed by atoms with Crippen molar-refractivity contribution in [2.24, 2.45) is 0 Å². The standard InChI is InChI=1S/C65H127N2O7P/c1-6-8-10-12-14-16-18-20-21-22-23-24-25-26-27-28-29-30-31-32-33-34-35-36-37-38-39-40-41-42-43-44-45-46-48-50-52-54-56-58-64(69)66-62(61-74-75(71,72)73-60-59-67(3,4)5)65(70)63(68)57-55-53-51-49-47-19-17-15-13-11-9-7-2/h7,9,15,17,49,51,62-63,65,68,70H,6,8,10-14,16,18-48,50,52-61H2,1-5H3,(H-,66,69,71,72)/b9-7+,17-15+,51-49+. The number of nitrogens with one attached hydrogen (secondary N) is 1. The summed E-state index contributed by atoms with van der Waals surface area (Å²) in [5.74, 6) is -0.290. The van der Waals surface area contributed by atoms with Crippen LogP contribution in [-0.2, 0) is 18.4 Å². The molecule has 0 heterocycles. The van der Waals surface area contributed by atoms with E-state index in [0.717, 1.165) is 44.9 Å². The molecule has 0 aliphatic rings. The number of hydrogen-bond donors (Lipinski definition) is 3. The fourth-order valence-electron chi connectivity index (χ4n) is 9.95. The van der Waals surface area contributed by atoms with Gasteiger partial charge in [0.15, 0.2) is 0 Å². The summed E-state index contributed by atoms with van der Waals surface area (Å²) in [7, 11) is 1.10. The number of hydrogen-bond acceptors (Lipinski definition) is 7. The zero-order valence-electron chi connectivity index (χ0n) is 50.4. The van der Waals surface area contributed by atoms with Crippen LogP contribution in [0.3, 0.4) is 0 Å². The first kappa shape index (κ1) is 73.7. The molecule has 0 saturated heterocycles. The lowest BCUT2D eigenvalue weighted by atomic mass is 10.0. The zero-order valence-corrected chi connectivity index (χ0v) is 51.3. The maximum Gasteiger partial charge on any atom is 0.268 e. The summed E-state index contributed by atoms with van der Waals surface area (Å²) in [6.07, 6.45) is 70.0. The molecule has 0 aliphatic carbocycles. The van der Waals surface area contributed by atoms with Gasteiger partial charge in [-0.15, -0.1) is 0 Å². The molecule has 0 saturated carbocycles. The highest BCUT2D eigenvalue weighted by Crippen LogP contribution is 2.38. The third-order valence-corrected chi connectivity index (χ3v) is 16.0. The minimum atomic E-state index is -4.68. The SMILES string of the molecule is C/C=C/CC/C=C/CC/C=C/CCCC(O)C(O)C(COP(=O)([O-])OCC[N+](C)(C)C)NC(=O)CCCCCCCCCCCCCCCCCCCCCCCCCCCCCCCCCCCCCCCCC. The number of rotatable bonds is 60. The molecule has 1 amide bonds. The number of phosphoric acid groups is 1. The van der Waals surface area contributed by atoms with E-state index in [1.54, 1.807) is 0 Å². The number of unbranched alkanes of at least 4 members (excludes halogenated alkanes) is 41. The van der Waals surface area contributed by atoms with Gasteiger partial charge in [-0.2, -0.15) is 0 Å². The van der Waals surface area contributed by atoms with Crippen molar-refractivity contribution in [3.05, 3.63) is 36.5 Å². The highest BCUT2D eigenvalue weighted by molar-refractivity contribution is 7.45. The van der Waals surface area contributed by atoms with Crippen LogP contribution in [-0.4, -0.2) is 79.8 Å². The van der Waals surface area contributed by atoms with Crippen LogP contribution in [0.25, 0.3) is 0 Å². The number of aliphatic hydroxyl groups is 2. The molecule has 10 heteroatoms. The van der Waals surface area contributed by atoms with Crippen LogP contribution in [0, 0.1) is 0 Å². The van der Waals surface area contributed by atoms with Gasteiger partial charge in [-0.05, 0) is 58.3 Å². The second-order valence-corrected chi connectivity index (χ2v) is 25.0. The quantitative estimate of drug-likeness (QED) is 0.0239. The van der Waals surface area contributed by atoms with Gasteiger partial charge in [0.1, 0.15) is 19.3 Å². The van der Waals surface area contributed by atoms with Crippen molar-refractivity contribution in [1.29, 1.82) is 0 Å². The molecular weight excluding hydrogens is 952 g/mol. The Labute approximate surface area is 466 Å². The highest BCUT2D eigenvalue weighted by Gasteiger charge is 2.29. The number of carbonyl (C=O) groups is 1. The Hall–Kier alpha value is -1.32. The van der Waals surface area contributed by atoms with E-state index < -0.39 is 32.7 Å². The second kappa shape index (κ2) is 56.0. The molecule has 0 rings (SSSR count). The molecule has 0 fully saturated rings. The molecule has 0 bridgehead atoms. The fraction of sp³-hybridized carbons (Fsp3) is 0.892. The normalized spacial score (nSPS) is 14.4. The molecule has 0 radical (unpaired) electrons. The molecule has 0 aliphatic heterocycles. The predicted octanol–water partition coefficient (Wildman–Crippen LogP) is 18.4. The van der Waals surface area contributed by atoms with Crippen molar-refractivity contribution in [1.82, 2.24) is 5.32 Å². The van der Waals surface area contributed by atoms with Gasteiger partial charge in [-0.25, -0.2) is 0 Å². The summed E-state index contributed by atoms with van der Waals surface area (Å²) < 4.78 is 23.2. The first-order chi connectivity index (χ1) is 36.4. The maximum absolute atomic E-state index is 13.0. The van der Waals surface area contributed by atoms with Gasteiger partial charge in [0.2, 0.25) is 5.91 Å². The van der Waals surface area contributed by atoms with Crippen molar-refractivity contribution in [3.63, 3.8) is 0 Å². The number of nitrogens with zero attached hydrogens (tertiary/aromatic N) is 1. The number of aliphatic hydroxyl groups excluding tert-OH is 2. The van der Waals surface area contributed by atoms with Crippen molar-refractivity contribution in [2.75, 3.05) is 40.9 Å². The summed E-state index contributed by atoms with van der Waals surface area (Å²) in [6, 6.07) is -1.10. The summed E-state index contributed by atoms with van der Waals surface area (Å²) in [6.45, 7) is 4.23. The molecule has 4 atom stereocenters. The Balaban J connectivity index is 3.90. The van der Waals surface area contributed by atoms with Gasteiger partial charge in [-0.1, -0.05) is 287 Å². The number of likely N-dealkylation sites (N-methyl/N-ethyl adjacent to an activating group) is 1. The van der Waals surface area contributed by atoms with E-state index in [0.29, 0.717) is 30.3 Å². The molecular formula is C65H127N2O7P. The Morgan fingerprint density at radius 2 is 0.813 bits per heavy atom. The summed E-state index contributed by atoms with van der Waals surface area (Å²) in [4.78, 5) is 25.5. The Bertz CT molecular complexity index is 1340. The van der Waals surface area contributed by atoms with Gasteiger partial charge in [0.05, 0.1) is 39.9 Å². The first-order valence-corrected chi connectivity index (χ1v) is 33.8. The minimum absolute atomic E-state index is 0.0490. The van der Waals surface area contributed by atoms with Crippen molar-refractivity contribution >= 4 is 13.7 Å². The van der Waals surface area contributed by atoms with E-state index in [1.165, 1.54) is 231 Å². The zero-order chi connectivity index (χ0) is 55.0. The summed E-state index contributed by atoms with van der Waals surface area (Å²) in [5.41, 5.74) is 0. The van der Waals surface area contributed by atoms with E-state index in [-0.39, 0.29) is 18.9 Å². The summed E-state index contributed by atoms with van der Waals surface area (Å²) in [5, 5.41) is 24.7. The van der Waals surface area contributed by atoms with Crippen molar-refractivity contribution in [3.8, 4) is 0 Å². The van der Waals surface area contributed by atoms with E-state index >= 15 is 0 Å². The average molecular weight is 1080 g/mol. The first-order valence-electron chi connectivity index (χ1n) is 32.4. The van der Waals surface area contributed by atoms with Crippen molar-refractivity contribution in [2.45, 2.75) is 334 Å². The molecule has 0 aromatic carbocycles. The largest absolute Gasteiger partial charge is 0.756 e. The number of quaternary nitrogens is 1. The van der Waals surface area contributed by atoms with E-state index in [2.05, 4.69) is 48.7 Å². The lowest BCUT2D eigenvalue weighted by Crippen LogP contribution is -2.51. The number of phosphoric ester groups is 1. The van der Waals surface area contributed by atoms with Crippen LogP contribution in [0.4, 0.5) is 0 Å². The molecule has 4 unspecified atom stereocenters. The number of amides is 1. The van der Waals surface area contributed by atoms with Gasteiger partial charge in [-0.3, -0.25) is 9.36 Å². The Kier molecular flexibility index (Phi) is 55.0. The van der Waals surface area contributed by atoms with Crippen LogP contribution >= 0.6 is 7.82 Å². The van der Waals surface area contributed by atoms with E-state index in [1.807, 2.05) is 28.1 Å². The molecule has 9 nitrogen and oxygen atoms in total. The summed E-state index contributed by atoms with van der Waals surface area (Å²) >= 11 is 0. The molecule has 0 aromatic rings. The minimum Gasteiger partial charge on any atom is -0.756 e. The van der Waals surface area contributed by atoms with Crippen LogP contribution in [0.5, 0.6) is 0 Å². The fourth-order valence-corrected chi connectivity index (χ4v) is 10.7. The maximum atomic E-state index is 13.0. The predicted molar refractivity (Wildman–Crippen MR) is 322 cm³/mol. The Morgan fingerprint density at radius 1 is 0.493 bits per heavy atom. The van der Waals surface area contributed by atoms with Crippen molar-refractivity contribution < 1.29 is 38.0 Å². The Morgan fingerprint density at radius 3 is 1.15 bits per heavy atom. The molecule has 75 heavy (non-hydrogen) atoms. The molecule has 0 aromatic heterocycles. The van der Waals surface area contributed by atoms with Gasteiger partial charge in [0.25, 0.3) is 7.82 Å². The average Bonchev–Trinajstić information content (AvgIpc) is 3.37. The molecule has 0 spiro atoms. The van der Waals surface area contributed by atoms with Crippen LogP contribution in [0.15, 0.2) is 36.5 Å². The van der Waals surface area contributed by atoms with E-state index in [4.69, 9.17) is 9.05 Å². The van der Waals surface area contributed by atoms with Gasteiger partial charge >= 0.3 is 0 Å². The third-order valence-electron chi connectivity index (χ3n) is 15.0. The monoisotopic (exact) mass is 1080 g/mol. The van der Waals surface area contributed by atoms with Crippen LogP contribution in [0.2, 0.25) is 0 Å². The molecule has 3 N–H and O–H groups in total. The second-order valence-electron chi connectivity index (χ2n) is 23.6. The third kappa shape index (κ3) is 57.2. The van der Waals surface area contributed by atoms with Crippen LogP contribution < -0.4 is 10.2 Å².